The van der Waals surface area contributed by atoms with Gasteiger partial charge in [0.1, 0.15) is 18.1 Å². The van der Waals surface area contributed by atoms with Crippen molar-refractivity contribution in [2.75, 3.05) is 18.2 Å². The molecule has 0 atom stereocenters. The van der Waals surface area contributed by atoms with Crippen molar-refractivity contribution < 1.29 is 14.3 Å². The van der Waals surface area contributed by atoms with Crippen LogP contribution in [0.2, 0.25) is 0 Å². The van der Waals surface area contributed by atoms with Gasteiger partial charge in [0.15, 0.2) is 11.0 Å². The lowest BCUT2D eigenvalue weighted by atomic mass is 10.0. The molecule has 0 bridgehead atoms. The first-order chi connectivity index (χ1) is 16.3. The molecule has 0 spiro atoms. The lowest BCUT2D eigenvalue weighted by Crippen LogP contribution is -2.15. The van der Waals surface area contributed by atoms with Crippen LogP contribution in [0.3, 0.4) is 0 Å². The van der Waals surface area contributed by atoms with Gasteiger partial charge in [0.25, 0.3) is 0 Å². The van der Waals surface area contributed by atoms with Gasteiger partial charge in [-0.1, -0.05) is 49.9 Å². The van der Waals surface area contributed by atoms with Gasteiger partial charge in [-0.25, -0.2) is 0 Å². The van der Waals surface area contributed by atoms with E-state index >= 15 is 0 Å². The van der Waals surface area contributed by atoms with Gasteiger partial charge in [-0.05, 0) is 54.7 Å². The number of nitrogens with one attached hydrogen (secondary N) is 1. The van der Waals surface area contributed by atoms with Crippen LogP contribution in [-0.2, 0) is 17.9 Å². The number of allylic oxidation sites excluding steroid dienone is 1. The number of methoxy groups -OCH3 is 1. The average molecular weight is 481 g/mol. The van der Waals surface area contributed by atoms with E-state index in [1.807, 2.05) is 42.7 Å². The molecule has 3 rings (SSSR count). The van der Waals surface area contributed by atoms with Gasteiger partial charge in [0.2, 0.25) is 5.91 Å². The number of nitrogens with zero attached hydrogens (tertiary/aromatic N) is 3. The third-order valence-corrected chi connectivity index (χ3v) is 6.18. The van der Waals surface area contributed by atoms with Crippen LogP contribution in [-0.4, -0.2) is 33.5 Å². The highest BCUT2D eigenvalue weighted by Crippen LogP contribution is 2.29. The molecule has 0 aliphatic heterocycles. The topological polar surface area (TPSA) is 78.3 Å². The summed E-state index contributed by atoms with van der Waals surface area (Å²) in [5, 5.41) is 12.2. The lowest BCUT2D eigenvalue weighted by Gasteiger charge is -2.15. The van der Waals surface area contributed by atoms with Crippen molar-refractivity contribution in [3.05, 3.63) is 71.6 Å². The summed E-state index contributed by atoms with van der Waals surface area (Å²) in [6, 6.07) is 11.9. The van der Waals surface area contributed by atoms with E-state index in [4.69, 9.17) is 9.47 Å². The van der Waals surface area contributed by atoms with Crippen molar-refractivity contribution in [1.29, 1.82) is 0 Å². The number of carbonyl (C=O) groups excluding carboxylic acids is 1. The van der Waals surface area contributed by atoms with Crippen molar-refractivity contribution >= 4 is 23.4 Å². The number of ether oxygens (including phenoxy) is 2. The average Bonchev–Trinajstić information content (AvgIpc) is 3.18. The molecule has 0 saturated heterocycles. The number of rotatable bonds is 11. The Morgan fingerprint density at radius 1 is 1.15 bits per heavy atom. The molecule has 8 heteroatoms. The maximum Gasteiger partial charge on any atom is 0.234 e. The van der Waals surface area contributed by atoms with Crippen molar-refractivity contribution in [3.8, 4) is 11.5 Å². The number of amides is 1. The van der Waals surface area contributed by atoms with Gasteiger partial charge in [-0.2, -0.15) is 0 Å². The van der Waals surface area contributed by atoms with Crippen LogP contribution in [0, 0.1) is 13.8 Å². The monoisotopic (exact) mass is 480 g/mol. The molecule has 0 fully saturated rings. The second-order valence-corrected chi connectivity index (χ2v) is 9.27. The number of benzene rings is 2. The quantitative estimate of drug-likeness (QED) is 0.287. The van der Waals surface area contributed by atoms with Gasteiger partial charge < -0.3 is 14.8 Å². The molecule has 1 N–H and O–H groups in total. The van der Waals surface area contributed by atoms with E-state index in [2.05, 4.69) is 48.1 Å². The number of aromatic nitrogens is 3. The molecule has 0 saturated carbocycles. The minimum Gasteiger partial charge on any atom is -0.495 e. The zero-order valence-corrected chi connectivity index (χ0v) is 21.2. The van der Waals surface area contributed by atoms with E-state index in [0.717, 1.165) is 22.4 Å². The first-order valence-corrected chi connectivity index (χ1v) is 12.1. The molecule has 1 amide bonds. The molecule has 7 nitrogen and oxygen atoms in total. The van der Waals surface area contributed by atoms with Crippen LogP contribution in [0.25, 0.3) is 0 Å². The van der Waals surface area contributed by atoms with E-state index in [-0.39, 0.29) is 18.3 Å². The SMILES string of the molecule is C=CCn1c(COc2cc(C)ccc2C(C)C)nnc1SCC(=O)Nc1cc(C)ccc1OC. The zero-order chi connectivity index (χ0) is 24.7. The Kier molecular flexibility index (Phi) is 8.76. The second-order valence-electron chi connectivity index (χ2n) is 8.32. The summed E-state index contributed by atoms with van der Waals surface area (Å²) in [5.74, 6) is 2.53. The fraction of sp³-hybridized carbons (Fsp3) is 0.346. The second kappa shape index (κ2) is 11.7. The molecule has 3 aromatic rings. The molecular weight excluding hydrogens is 448 g/mol. The first-order valence-electron chi connectivity index (χ1n) is 11.2. The number of thioether (sulfide) groups is 1. The minimum absolute atomic E-state index is 0.152. The van der Waals surface area contributed by atoms with Crippen LogP contribution in [0.1, 0.15) is 42.3 Å². The van der Waals surface area contributed by atoms with E-state index in [9.17, 15) is 4.79 Å². The molecule has 0 unspecified atom stereocenters. The molecule has 1 aromatic heterocycles. The highest BCUT2D eigenvalue weighted by atomic mass is 32.2. The third-order valence-electron chi connectivity index (χ3n) is 5.21. The Morgan fingerprint density at radius 3 is 2.59 bits per heavy atom. The number of aryl methyl sites for hydroxylation is 2. The van der Waals surface area contributed by atoms with Gasteiger partial charge >= 0.3 is 0 Å². The van der Waals surface area contributed by atoms with Crippen molar-refractivity contribution in [2.45, 2.75) is 51.9 Å². The number of carbonyl (C=O) groups is 1. The Labute approximate surface area is 205 Å². The minimum atomic E-state index is -0.152. The Hall–Kier alpha value is -3.26. The lowest BCUT2D eigenvalue weighted by molar-refractivity contribution is -0.113. The van der Waals surface area contributed by atoms with Crippen LogP contribution in [0.15, 0.2) is 54.2 Å². The highest BCUT2D eigenvalue weighted by Gasteiger charge is 2.16. The first kappa shape index (κ1) is 25.4. The van der Waals surface area contributed by atoms with E-state index < -0.39 is 0 Å². The summed E-state index contributed by atoms with van der Waals surface area (Å²) >= 11 is 1.32. The fourth-order valence-electron chi connectivity index (χ4n) is 3.47. The third kappa shape index (κ3) is 6.41. The molecule has 34 heavy (non-hydrogen) atoms. The molecular formula is C26H32N4O3S. The van der Waals surface area contributed by atoms with E-state index in [1.54, 1.807) is 13.2 Å². The van der Waals surface area contributed by atoms with Crippen molar-refractivity contribution in [1.82, 2.24) is 14.8 Å². The van der Waals surface area contributed by atoms with Crippen LogP contribution < -0.4 is 14.8 Å². The van der Waals surface area contributed by atoms with E-state index in [1.165, 1.54) is 11.8 Å². The predicted molar refractivity (Wildman–Crippen MR) is 137 cm³/mol. The standard InChI is InChI=1S/C26H32N4O3S/c1-7-12-30-24(15-33-23-14-19(5)8-10-20(23)17(2)3)28-29-26(30)34-16-25(31)27-21-13-18(4)9-11-22(21)32-6/h7-11,13-14,17H,1,12,15-16H2,2-6H3,(H,27,31). The van der Waals surface area contributed by atoms with Crippen LogP contribution in [0.4, 0.5) is 5.69 Å². The highest BCUT2D eigenvalue weighted by molar-refractivity contribution is 7.99. The number of hydrogen-bond acceptors (Lipinski definition) is 6. The smallest absolute Gasteiger partial charge is 0.234 e. The summed E-state index contributed by atoms with van der Waals surface area (Å²) in [4.78, 5) is 12.6. The normalized spacial score (nSPS) is 10.9. The van der Waals surface area contributed by atoms with Crippen molar-refractivity contribution in [2.24, 2.45) is 0 Å². The zero-order valence-electron chi connectivity index (χ0n) is 20.4. The van der Waals surface area contributed by atoms with Gasteiger partial charge in [0.05, 0.1) is 18.6 Å². The maximum absolute atomic E-state index is 12.6. The molecule has 2 aromatic carbocycles. The van der Waals surface area contributed by atoms with Gasteiger partial charge in [-0.3, -0.25) is 9.36 Å². The van der Waals surface area contributed by atoms with E-state index in [0.29, 0.717) is 34.9 Å². The predicted octanol–water partition coefficient (Wildman–Crippen LogP) is 5.52. The van der Waals surface area contributed by atoms with Gasteiger partial charge in [-0.15, -0.1) is 16.8 Å². The molecule has 180 valence electrons. The molecule has 1 heterocycles. The fourth-order valence-corrected chi connectivity index (χ4v) is 4.23. The van der Waals surface area contributed by atoms with Gasteiger partial charge in [0, 0.05) is 6.54 Å². The molecule has 0 radical (unpaired) electrons. The molecule has 0 aliphatic carbocycles. The number of hydrogen-bond donors (Lipinski definition) is 1. The maximum atomic E-state index is 12.6. The Bertz CT molecular complexity index is 1160. The van der Waals surface area contributed by atoms with Crippen LogP contribution >= 0.6 is 11.8 Å². The summed E-state index contributed by atoms with van der Waals surface area (Å²) in [6.45, 7) is 12.9. The van der Waals surface area contributed by atoms with Crippen LogP contribution in [0.5, 0.6) is 11.5 Å². The Balaban J connectivity index is 1.69. The largest absolute Gasteiger partial charge is 0.495 e. The summed E-state index contributed by atoms with van der Waals surface area (Å²) in [6.07, 6.45) is 1.78. The number of anilines is 1. The molecule has 0 aliphatic rings. The van der Waals surface area contributed by atoms with Crippen molar-refractivity contribution in [3.63, 3.8) is 0 Å². The summed E-state index contributed by atoms with van der Waals surface area (Å²) < 4.78 is 13.4. The summed E-state index contributed by atoms with van der Waals surface area (Å²) in [7, 11) is 1.58. The summed E-state index contributed by atoms with van der Waals surface area (Å²) in [5.41, 5.74) is 3.97. The Morgan fingerprint density at radius 2 is 1.88 bits per heavy atom.